The first-order chi connectivity index (χ1) is 11.2. The van der Waals surface area contributed by atoms with Crippen LogP contribution in [0.15, 0.2) is 0 Å². The molecule has 0 aliphatic carbocycles. The summed E-state index contributed by atoms with van der Waals surface area (Å²) in [6.45, 7) is 15.8. The van der Waals surface area contributed by atoms with Crippen LogP contribution in [0.25, 0.3) is 0 Å². The molecular formula is C21H45NO. The average molecular weight is 328 g/mol. The van der Waals surface area contributed by atoms with Gasteiger partial charge < -0.3 is 4.74 Å². The molecule has 0 aromatic rings. The van der Waals surface area contributed by atoms with Gasteiger partial charge in [-0.15, -0.1) is 0 Å². The van der Waals surface area contributed by atoms with Crippen molar-refractivity contribution >= 4 is 0 Å². The summed E-state index contributed by atoms with van der Waals surface area (Å²) in [7, 11) is 0. The first-order valence-corrected chi connectivity index (χ1v) is 10.5. The summed E-state index contributed by atoms with van der Waals surface area (Å²) in [5.74, 6) is 1.68. The summed E-state index contributed by atoms with van der Waals surface area (Å²) in [6, 6.07) is 0. The van der Waals surface area contributed by atoms with Gasteiger partial charge in [0.15, 0.2) is 0 Å². The van der Waals surface area contributed by atoms with Crippen LogP contribution in [0.3, 0.4) is 0 Å². The maximum Gasteiger partial charge on any atom is 0.0990 e. The van der Waals surface area contributed by atoms with E-state index in [1.54, 1.807) is 0 Å². The van der Waals surface area contributed by atoms with Gasteiger partial charge in [0.2, 0.25) is 0 Å². The molecule has 0 bridgehead atoms. The highest BCUT2D eigenvalue weighted by Gasteiger charge is 2.16. The van der Waals surface area contributed by atoms with Gasteiger partial charge >= 0.3 is 0 Å². The second kappa shape index (κ2) is 16.8. The van der Waals surface area contributed by atoms with Crippen LogP contribution in [0.5, 0.6) is 0 Å². The van der Waals surface area contributed by atoms with Crippen molar-refractivity contribution in [2.45, 2.75) is 98.8 Å². The van der Waals surface area contributed by atoms with Crippen molar-refractivity contribution in [2.24, 2.45) is 11.8 Å². The Morgan fingerprint density at radius 1 is 0.696 bits per heavy atom. The van der Waals surface area contributed by atoms with Gasteiger partial charge in [-0.1, -0.05) is 79.6 Å². The lowest BCUT2D eigenvalue weighted by molar-refractivity contribution is 0.00854. The minimum atomic E-state index is 0.839. The van der Waals surface area contributed by atoms with Crippen LogP contribution < -0.4 is 0 Å². The Balaban J connectivity index is 4.44. The molecule has 0 aliphatic heterocycles. The van der Waals surface area contributed by atoms with Crippen LogP contribution in [0.2, 0.25) is 0 Å². The fourth-order valence-electron chi connectivity index (χ4n) is 3.18. The van der Waals surface area contributed by atoms with E-state index < -0.39 is 0 Å². The minimum absolute atomic E-state index is 0.839. The number of unbranched alkanes of at least 4 members (excludes halogenated alkanes) is 3. The maximum atomic E-state index is 5.96. The summed E-state index contributed by atoms with van der Waals surface area (Å²) >= 11 is 0. The number of hydrogen-bond donors (Lipinski definition) is 0. The lowest BCUT2D eigenvalue weighted by atomic mass is 9.96. The first kappa shape index (κ1) is 22.9. The van der Waals surface area contributed by atoms with Crippen LogP contribution in [0.4, 0.5) is 0 Å². The molecule has 0 aliphatic rings. The van der Waals surface area contributed by atoms with Crippen LogP contribution in [-0.2, 0) is 4.74 Å². The van der Waals surface area contributed by atoms with Gasteiger partial charge in [-0.3, -0.25) is 4.90 Å². The molecule has 0 aromatic heterocycles. The van der Waals surface area contributed by atoms with Gasteiger partial charge in [-0.25, -0.2) is 0 Å². The molecule has 2 unspecified atom stereocenters. The van der Waals surface area contributed by atoms with Crippen LogP contribution in [0, 0.1) is 11.8 Å². The number of ether oxygens (including phenoxy) is 1. The molecule has 0 rings (SSSR count). The second-order valence-electron chi connectivity index (χ2n) is 7.26. The van der Waals surface area contributed by atoms with Gasteiger partial charge in [0, 0.05) is 19.7 Å². The normalized spacial score (nSPS) is 14.3. The summed E-state index contributed by atoms with van der Waals surface area (Å²) in [5.41, 5.74) is 0. The van der Waals surface area contributed by atoms with E-state index in [2.05, 4.69) is 39.5 Å². The Morgan fingerprint density at radius 2 is 1.17 bits per heavy atom. The van der Waals surface area contributed by atoms with Crippen molar-refractivity contribution in [1.29, 1.82) is 0 Å². The molecule has 0 saturated heterocycles. The smallest absolute Gasteiger partial charge is 0.0990 e. The molecule has 0 aromatic carbocycles. The van der Waals surface area contributed by atoms with E-state index in [4.69, 9.17) is 4.74 Å². The van der Waals surface area contributed by atoms with Gasteiger partial charge in [0.25, 0.3) is 0 Å². The van der Waals surface area contributed by atoms with E-state index in [1.165, 1.54) is 77.3 Å². The Kier molecular flexibility index (Phi) is 16.7. The molecule has 2 nitrogen and oxygen atoms in total. The number of rotatable bonds is 17. The zero-order valence-corrected chi connectivity index (χ0v) is 16.9. The van der Waals surface area contributed by atoms with E-state index in [0.29, 0.717) is 0 Å². The molecule has 0 heterocycles. The van der Waals surface area contributed by atoms with Gasteiger partial charge in [-0.05, 0) is 31.1 Å². The molecule has 0 saturated carbocycles. The average Bonchev–Trinajstić information content (AvgIpc) is 2.58. The van der Waals surface area contributed by atoms with E-state index in [0.717, 1.165) is 25.2 Å². The molecule has 2 atom stereocenters. The highest BCUT2D eigenvalue weighted by molar-refractivity contribution is 4.68. The minimum Gasteiger partial charge on any atom is -0.366 e. The van der Waals surface area contributed by atoms with Crippen molar-refractivity contribution in [2.75, 3.05) is 26.4 Å². The number of nitrogens with zero attached hydrogens (tertiary/aromatic N) is 1. The van der Waals surface area contributed by atoms with E-state index >= 15 is 0 Å². The monoisotopic (exact) mass is 327 g/mol. The summed E-state index contributed by atoms with van der Waals surface area (Å²) in [4.78, 5) is 2.61. The summed E-state index contributed by atoms with van der Waals surface area (Å²) in [5, 5.41) is 0. The van der Waals surface area contributed by atoms with Crippen molar-refractivity contribution in [3.05, 3.63) is 0 Å². The second-order valence-corrected chi connectivity index (χ2v) is 7.26. The van der Waals surface area contributed by atoms with Crippen molar-refractivity contribution in [1.82, 2.24) is 4.90 Å². The third kappa shape index (κ3) is 12.9. The van der Waals surface area contributed by atoms with E-state index in [-0.39, 0.29) is 0 Å². The van der Waals surface area contributed by atoms with Gasteiger partial charge in [0.05, 0.1) is 6.73 Å². The first-order valence-electron chi connectivity index (χ1n) is 10.5. The molecule has 0 N–H and O–H groups in total. The van der Waals surface area contributed by atoms with Gasteiger partial charge in [0.1, 0.15) is 0 Å². The highest BCUT2D eigenvalue weighted by atomic mass is 16.5. The molecule has 140 valence electrons. The zero-order valence-electron chi connectivity index (χ0n) is 16.9. The summed E-state index contributed by atoms with van der Waals surface area (Å²) in [6.07, 6.45) is 13.2. The third-order valence-corrected chi connectivity index (χ3v) is 5.04. The Hall–Kier alpha value is -0.0800. The van der Waals surface area contributed by atoms with Crippen LogP contribution in [0.1, 0.15) is 98.8 Å². The lowest BCUT2D eigenvalue weighted by Crippen LogP contribution is -2.36. The van der Waals surface area contributed by atoms with E-state index in [1.807, 2.05) is 0 Å². The molecule has 0 amide bonds. The molecule has 0 radical (unpaired) electrons. The van der Waals surface area contributed by atoms with E-state index in [9.17, 15) is 0 Å². The maximum absolute atomic E-state index is 5.96. The highest BCUT2D eigenvalue weighted by Crippen LogP contribution is 2.19. The van der Waals surface area contributed by atoms with Crippen molar-refractivity contribution in [3.8, 4) is 0 Å². The standard InChI is InChI=1S/C21H45NO/c1-6-11-14-20(9-4)17-22(19-23-16-13-8-3)18-21(10-5)15-12-7-2/h20-21H,6-19H2,1-5H3. The third-order valence-electron chi connectivity index (χ3n) is 5.04. The predicted octanol–water partition coefficient (Wildman–Crippen LogP) is 6.50. The Morgan fingerprint density at radius 3 is 1.57 bits per heavy atom. The van der Waals surface area contributed by atoms with Crippen molar-refractivity contribution in [3.63, 3.8) is 0 Å². The molecule has 23 heavy (non-hydrogen) atoms. The quantitative estimate of drug-likeness (QED) is 0.223. The largest absolute Gasteiger partial charge is 0.366 e. The van der Waals surface area contributed by atoms with Crippen LogP contribution in [-0.4, -0.2) is 31.3 Å². The molecule has 2 heteroatoms. The Bertz CT molecular complexity index is 214. The summed E-state index contributed by atoms with van der Waals surface area (Å²) < 4.78 is 5.96. The molecular weight excluding hydrogens is 282 g/mol. The fraction of sp³-hybridized carbons (Fsp3) is 1.00. The topological polar surface area (TPSA) is 12.5 Å². The zero-order chi connectivity index (χ0) is 17.3. The SMILES string of the molecule is CCCCOCN(CC(CC)CCCC)CC(CC)CCCC. The molecule has 0 fully saturated rings. The fourth-order valence-corrected chi connectivity index (χ4v) is 3.18. The molecule has 0 spiro atoms. The Labute approximate surface area is 147 Å². The lowest BCUT2D eigenvalue weighted by Gasteiger charge is -2.30. The van der Waals surface area contributed by atoms with Gasteiger partial charge in [-0.2, -0.15) is 0 Å². The van der Waals surface area contributed by atoms with Crippen molar-refractivity contribution < 1.29 is 4.74 Å². The number of hydrogen-bond acceptors (Lipinski definition) is 2. The predicted molar refractivity (Wildman–Crippen MR) is 104 cm³/mol. The van der Waals surface area contributed by atoms with Crippen LogP contribution >= 0.6 is 0 Å².